The first-order valence-electron chi connectivity index (χ1n) is 7.26. The molecule has 2 rings (SSSR count). The fraction of sp³-hybridized carbons (Fsp3) is 0.600. The van der Waals surface area contributed by atoms with Gasteiger partial charge in [0, 0.05) is 23.6 Å². The van der Waals surface area contributed by atoms with Gasteiger partial charge in [0.25, 0.3) is 0 Å². The van der Waals surface area contributed by atoms with Gasteiger partial charge in [-0.2, -0.15) is 0 Å². The highest BCUT2D eigenvalue weighted by Crippen LogP contribution is 2.35. The van der Waals surface area contributed by atoms with Crippen LogP contribution in [0.25, 0.3) is 0 Å². The van der Waals surface area contributed by atoms with Gasteiger partial charge in [0.1, 0.15) is 0 Å². The van der Waals surface area contributed by atoms with Gasteiger partial charge in [0.05, 0.1) is 4.90 Å². The molecular weight excluding hydrogens is 310 g/mol. The predicted octanol–water partition coefficient (Wildman–Crippen LogP) is 2.87. The number of hydrogen-bond donors (Lipinski definition) is 2. The Morgan fingerprint density at radius 1 is 1.29 bits per heavy atom. The molecule has 1 fully saturated rings. The van der Waals surface area contributed by atoms with Crippen molar-refractivity contribution in [2.24, 2.45) is 5.41 Å². The average Bonchev–Trinajstić information content (AvgIpc) is 2.49. The molecule has 6 heteroatoms. The highest BCUT2D eigenvalue weighted by atomic mass is 35.5. The maximum atomic E-state index is 12.5. The molecule has 0 spiro atoms. The third kappa shape index (κ3) is 3.77. The summed E-state index contributed by atoms with van der Waals surface area (Å²) in [7, 11) is -3.61. The zero-order valence-corrected chi connectivity index (χ0v) is 13.8. The monoisotopic (exact) mass is 331 g/mol. The Kier molecular flexibility index (Phi) is 5.30. The molecule has 0 amide bonds. The fourth-order valence-corrected chi connectivity index (χ4v) is 4.55. The van der Waals surface area contributed by atoms with Crippen molar-refractivity contribution < 1.29 is 13.5 Å². The number of aliphatic hydroxyl groups excluding tert-OH is 1. The van der Waals surface area contributed by atoms with Crippen molar-refractivity contribution in [3.63, 3.8) is 0 Å². The Balaban J connectivity index is 2.16. The second-order valence-corrected chi connectivity index (χ2v) is 8.05. The van der Waals surface area contributed by atoms with Gasteiger partial charge >= 0.3 is 0 Å². The summed E-state index contributed by atoms with van der Waals surface area (Å²) in [6, 6.07) is 4.86. The van der Waals surface area contributed by atoms with Crippen LogP contribution in [0.15, 0.2) is 23.1 Å². The summed E-state index contributed by atoms with van der Waals surface area (Å²) in [5.74, 6) is 0. The summed E-state index contributed by atoms with van der Waals surface area (Å²) >= 11 is 5.99. The smallest absolute Gasteiger partial charge is 0.240 e. The van der Waals surface area contributed by atoms with E-state index in [1.165, 1.54) is 0 Å². The van der Waals surface area contributed by atoms with Crippen molar-refractivity contribution in [1.82, 2.24) is 4.72 Å². The minimum absolute atomic E-state index is 0.0179. The van der Waals surface area contributed by atoms with Crippen LogP contribution in [0, 0.1) is 12.3 Å². The largest absolute Gasteiger partial charge is 0.396 e. The zero-order chi connectivity index (χ0) is 15.5. The number of aliphatic hydroxyl groups is 1. The quantitative estimate of drug-likeness (QED) is 0.871. The molecule has 0 atom stereocenters. The lowest BCUT2D eigenvalue weighted by molar-refractivity contribution is 0.0867. The van der Waals surface area contributed by atoms with E-state index in [1.54, 1.807) is 25.1 Å². The van der Waals surface area contributed by atoms with Crippen molar-refractivity contribution in [2.45, 2.75) is 43.9 Å². The molecule has 0 radical (unpaired) electrons. The number of nitrogens with one attached hydrogen (secondary N) is 1. The van der Waals surface area contributed by atoms with E-state index in [0.29, 0.717) is 10.6 Å². The maximum absolute atomic E-state index is 12.5. The van der Waals surface area contributed by atoms with Crippen LogP contribution >= 0.6 is 11.6 Å². The molecule has 2 N–H and O–H groups in total. The van der Waals surface area contributed by atoms with E-state index in [4.69, 9.17) is 11.6 Å². The minimum atomic E-state index is -3.61. The van der Waals surface area contributed by atoms with Gasteiger partial charge in [-0.1, -0.05) is 36.9 Å². The van der Waals surface area contributed by atoms with E-state index in [0.717, 1.165) is 32.1 Å². The van der Waals surface area contributed by atoms with Crippen LogP contribution in [0.1, 0.15) is 37.7 Å². The lowest BCUT2D eigenvalue weighted by Crippen LogP contribution is -2.41. The second-order valence-electron chi connectivity index (χ2n) is 5.91. The number of hydrogen-bond acceptors (Lipinski definition) is 3. The van der Waals surface area contributed by atoms with Gasteiger partial charge in [-0.25, -0.2) is 13.1 Å². The van der Waals surface area contributed by atoms with Crippen LogP contribution < -0.4 is 4.72 Å². The third-order valence-electron chi connectivity index (χ3n) is 4.39. The predicted molar refractivity (Wildman–Crippen MR) is 84.0 cm³/mol. The minimum Gasteiger partial charge on any atom is -0.396 e. The first-order valence-corrected chi connectivity index (χ1v) is 9.12. The van der Waals surface area contributed by atoms with E-state index in [1.807, 2.05) is 0 Å². The maximum Gasteiger partial charge on any atom is 0.240 e. The summed E-state index contributed by atoms with van der Waals surface area (Å²) in [6.07, 6.45) is 4.96. The van der Waals surface area contributed by atoms with E-state index >= 15 is 0 Å². The number of halogens is 1. The van der Waals surface area contributed by atoms with Gasteiger partial charge in [-0.05, 0) is 37.5 Å². The van der Waals surface area contributed by atoms with Crippen LogP contribution in [-0.2, 0) is 10.0 Å². The van der Waals surface area contributed by atoms with Crippen molar-refractivity contribution in [3.05, 3.63) is 28.8 Å². The number of benzene rings is 1. The molecule has 118 valence electrons. The molecule has 0 aromatic heterocycles. The van der Waals surface area contributed by atoms with Crippen LogP contribution in [0.5, 0.6) is 0 Å². The molecule has 1 saturated carbocycles. The lowest BCUT2D eigenvalue weighted by atomic mass is 9.75. The average molecular weight is 332 g/mol. The number of rotatable bonds is 5. The van der Waals surface area contributed by atoms with E-state index < -0.39 is 10.0 Å². The molecule has 1 aliphatic rings. The van der Waals surface area contributed by atoms with Gasteiger partial charge < -0.3 is 5.11 Å². The van der Waals surface area contributed by atoms with Crippen molar-refractivity contribution in [3.8, 4) is 0 Å². The highest BCUT2D eigenvalue weighted by molar-refractivity contribution is 7.89. The Bertz CT molecular complexity index is 595. The fourth-order valence-electron chi connectivity index (χ4n) is 2.90. The Hall–Kier alpha value is -0.620. The van der Waals surface area contributed by atoms with E-state index in [-0.39, 0.29) is 23.5 Å². The van der Waals surface area contributed by atoms with Crippen molar-refractivity contribution in [1.29, 1.82) is 0 Å². The Labute approximate surface area is 131 Å². The SMILES string of the molecule is Cc1c(Cl)cccc1S(=O)(=O)NCC1(CO)CCCCC1. The summed E-state index contributed by atoms with van der Waals surface area (Å²) in [5, 5.41) is 10.1. The molecule has 21 heavy (non-hydrogen) atoms. The molecule has 0 saturated heterocycles. The molecule has 1 aromatic carbocycles. The lowest BCUT2D eigenvalue weighted by Gasteiger charge is -2.35. The normalized spacial score (nSPS) is 18.6. The molecule has 0 heterocycles. The number of sulfonamides is 1. The zero-order valence-electron chi connectivity index (χ0n) is 12.2. The van der Waals surface area contributed by atoms with Crippen LogP contribution in [0.4, 0.5) is 0 Å². The Morgan fingerprint density at radius 2 is 1.95 bits per heavy atom. The standard InChI is InChI=1S/C15H22ClNO3S/c1-12-13(16)6-5-7-14(12)21(19,20)17-10-15(11-18)8-3-2-4-9-15/h5-7,17-18H,2-4,8-11H2,1H3. The van der Waals surface area contributed by atoms with Crippen LogP contribution in [-0.4, -0.2) is 26.7 Å². The van der Waals surface area contributed by atoms with Gasteiger partial charge in [0.2, 0.25) is 10.0 Å². The Morgan fingerprint density at radius 3 is 2.57 bits per heavy atom. The molecule has 1 aromatic rings. The topological polar surface area (TPSA) is 66.4 Å². The summed E-state index contributed by atoms with van der Waals surface area (Å²) < 4.78 is 27.6. The van der Waals surface area contributed by atoms with Crippen molar-refractivity contribution in [2.75, 3.05) is 13.2 Å². The van der Waals surface area contributed by atoms with E-state index in [2.05, 4.69) is 4.72 Å². The second kappa shape index (κ2) is 6.65. The van der Waals surface area contributed by atoms with Crippen LogP contribution in [0.3, 0.4) is 0 Å². The third-order valence-corrected chi connectivity index (χ3v) is 6.35. The molecule has 0 bridgehead atoms. The molecular formula is C15H22ClNO3S. The first-order chi connectivity index (χ1) is 9.90. The van der Waals surface area contributed by atoms with E-state index in [9.17, 15) is 13.5 Å². The van der Waals surface area contributed by atoms with Crippen molar-refractivity contribution >= 4 is 21.6 Å². The molecule has 4 nitrogen and oxygen atoms in total. The van der Waals surface area contributed by atoms with Gasteiger partial charge in [0.15, 0.2) is 0 Å². The first kappa shape index (κ1) is 16.7. The summed E-state index contributed by atoms with van der Waals surface area (Å²) in [4.78, 5) is 0.207. The van der Waals surface area contributed by atoms with Crippen LogP contribution in [0.2, 0.25) is 5.02 Å². The van der Waals surface area contributed by atoms with Gasteiger partial charge in [-0.3, -0.25) is 0 Å². The molecule has 1 aliphatic carbocycles. The summed E-state index contributed by atoms with van der Waals surface area (Å²) in [6.45, 7) is 1.99. The molecule has 0 unspecified atom stereocenters. The summed E-state index contributed by atoms with van der Waals surface area (Å²) in [5.41, 5.74) is 0.228. The van der Waals surface area contributed by atoms with Gasteiger partial charge in [-0.15, -0.1) is 0 Å². The highest BCUT2D eigenvalue weighted by Gasteiger charge is 2.33. The molecule has 0 aliphatic heterocycles.